The second kappa shape index (κ2) is 13.2. The van der Waals surface area contributed by atoms with Crippen molar-refractivity contribution in [2.24, 2.45) is 0 Å². The van der Waals surface area contributed by atoms with Gasteiger partial charge in [0.05, 0.1) is 12.1 Å². The Bertz CT molecular complexity index is 1200. The van der Waals surface area contributed by atoms with Crippen LogP contribution in [0.1, 0.15) is 47.2 Å². The molecule has 4 rings (SSSR count). The molecule has 4 nitrogen and oxygen atoms in total. The first-order chi connectivity index (χ1) is 18.8. The summed E-state index contributed by atoms with van der Waals surface area (Å²) in [5.41, 5.74) is 9.48. The highest BCUT2D eigenvalue weighted by Gasteiger charge is 2.09. The van der Waals surface area contributed by atoms with Crippen LogP contribution in [-0.2, 0) is 6.42 Å². The number of benzene rings is 4. The van der Waals surface area contributed by atoms with Gasteiger partial charge >= 0.3 is 0 Å². The fraction of sp³-hybridized carbons (Fsp3) is 0.314. The fourth-order valence-electron chi connectivity index (χ4n) is 4.80. The van der Waals surface area contributed by atoms with E-state index in [-0.39, 0.29) is 12.1 Å². The van der Waals surface area contributed by atoms with E-state index in [2.05, 4.69) is 137 Å². The molecule has 0 radical (unpaired) electrons. The largest absolute Gasteiger partial charge is 0.491 e. The van der Waals surface area contributed by atoms with E-state index in [1.807, 2.05) is 0 Å². The Labute approximate surface area is 234 Å². The van der Waals surface area contributed by atoms with E-state index < -0.39 is 0 Å². The normalized spacial score (nSPS) is 12.5. The fourth-order valence-corrected chi connectivity index (χ4v) is 4.80. The SMILES string of the molecule is Cc1cccc(C)c1OCC(C)Nc1ccc(Cc2ccc(NC(C)COc3c(C)cccc3C)cc2)cc1. The van der Waals surface area contributed by atoms with Crippen molar-refractivity contribution in [2.45, 2.75) is 60.0 Å². The lowest BCUT2D eigenvalue weighted by Gasteiger charge is -2.19. The minimum Gasteiger partial charge on any atom is -0.491 e. The quantitative estimate of drug-likeness (QED) is 0.196. The number of ether oxygens (including phenoxy) is 2. The average Bonchev–Trinajstić information content (AvgIpc) is 2.90. The van der Waals surface area contributed by atoms with Gasteiger partial charge in [-0.05, 0) is 106 Å². The topological polar surface area (TPSA) is 42.5 Å². The Balaban J connectivity index is 1.23. The number of nitrogens with one attached hydrogen (secondary N) is 2. The summed E-state index contributed by atoms with van der Waals surface area (Å²) in [4.78, 5) is 0. The van der Waals surface area contributed by atoms with Gasteiger partial charge in [-0.1, -0.05) is 60.7 Å². The number of hydrogen-bond donors (Lipinski definition) is 2. The minimum atomic E-state index is 0.198. The van der Waals surface area contributed by atoms with Gasteiger partial charge in [-0.25, -0.2) is 0 Å². The highest BCUT2D eigenvalue weighted by Crippen LogP contribution is 2.24. The summed E-state index contributed by atoms with van der Waals surface area (Å²) in [5, 5.41) is 7.10. The third-order valence-corrected chi connectivity index (χ3v) is 6.92. The molecule has 0 bridgehead atoms. The van der Waals surface area contributed by atoms with Crippen LogP contribution in [0.15, 0.2) is 84.9 Å². The van der Waals surface area contributed by atoms with Crippen molar-refractivity contribution in [3.63, 3.8) is 0 Å². The van der Waals surface area contributed by atoms with E-state index in [0.29, 0.717) is 13.2 Å². The van der Waals surface area contributed by atoms with Gasteiger partial charge in [0.15, 0.2) is 0 Å². The predicted octanol–water partition coefficient (Wildman–Crippen LogP) is 8.27. The molecular formula is C35H42N2O2. The predicted molar refractivity (Wildman–Crippen MR) is 165 cm³/mol. The number of hydrogen-bond acceptors (Lipinski definition) is 4. The molecule has 4 aromatic carbocycles. The molecule has 0 aliphatic heterocycles. The van der Waals surface area contributed by atoms with E-state index in [4.69, 9.17) is 9.47 Å². The third kappa shape index (κ3) is 8.03. The second-order valence-electron chi connectivity index (χ2n) is 10.7. The molecule has 0 heterocycles. The summed E-state index contributed by atoms with van der Waals surface area (Å²) in [6.07, 6.45) is 0.900. The van der Waals surface area contributed by atoms with E-state index in [0.717, 1.165) is 29.3 Å². The summed E-state index contributed by atoms with van der Waals surface area (Å²) in [7, 11) is 0. The molecule has 2 N–H and O–H groups in total. The highest BCUT2D eigenvalue weighted by atomic mass is 16.5. The molecule has 0 saturated carbocycles. The van der Waals surface area contributed by atoms with Gasteiger partial charge in [0.1, 0.15) is 24.7 Å². The van der Waals surface area contributed by atoms with Crippen molar-refractivity contribution in [3.05, 3.63) is 118 Å². The summed E-state index contributed by atoms with van der Waals surface area (Å²) in [6.45, 7) is 13.9. The maximum absolute atomic E-state index is 6.11. The first-order valence-electron chi connectivity index (χ1n) is 13.9. The zero-order valence-electron chi connectivity index (χ0n) is 24.2. The van der Waals surface area contributed by atoms with Crippen LogP contribution in [0.2, 0.25) is 0 Å². The van der Waals surface area contributed by atoms with Crippen LogP contribution in [-0.4, -0.2) is 25.3 Å². The Morgan fingerprint density at radius 1 is 0.513 bits per heavy atom. The maximum atomic E-state index is 6.11. The number of anilines is 2. The molecule has 0 aromatic heterocycles. The second-order valence-corrected chi connectivity index (χ2v) is 10.7. The monoisotopic (exact) mass is 522 g/mol. The molecule has 0 amide bonds. The van der Waals surface area contributed by atoms with Gasteiger partial charge in [-0.3, -0.25) is 0 Å². The van der Waals surface area contributed by atoms with E-state index >= 15 is 0 Å². The van der Waals surface area contributed by atoms with Crippen LogP contribution in [0, 0.1) is 27.7 Å². The van der Waals surface area contributed by atoms with Crippen molar-refractivity contribution in [1.29, 1.82) is 0 Å². The van der Waals surface area contributed by atoms with Crippen LogP contribution in [0.4, 0.5) is 11.4 Å². The van der Waals surface area contributed by atoms with Crippen molar-refractivity contribution in [2.75, 3.05) is 23.8 Å². The van der Waals surface area contributed by atoms with Crippen LogP contribution in [0.3, 0.4) is 0 Å². The van der Waals surface area contributed by atoms with Gasteiger partial charge in [0.25, 0.3) is 0 Å². The molecule has 4 aromatic rings. The van der Waals surface area contributed by atoms with E-state index in [9.17, 15) is 0 Å². The van der Waals surface area contributed by atoms with Crippen molar-refractivity contribution >= 4 is 11.4 Å². The molecule has 39 heavy (non-hydrogen) atoms. The summed E-state index contributed by atoms with van der Waals surface area (Å²) in [6, 6.07) is 30.3. The Kier molecular flexibility index (Phi) is 9.54. The smallest absolute Gasteiger partial charge is 0.125 e. The molecule has 0 spiro atoms. The lowest BCUT2D eigenvalue weighted by molar-refractivity contribution is 0.300. The minimum absolute atomic E-state index is 0.198. The first-order valence-corrected chi connectivity index (χ1v) is 13.9. The molecule has 0 fully saturated rings. The van der Waals surface area contributed by atoms with Gasteiger partial charge in [-0.15, -0.1) is 0 Å². The zero-order chi connectivity index (χ0) is 27.8. The molecule has 0 saturated heterocycles. The molecule has 204 valence electrons. The summed E-state index contributed by atoms with van der Waals surface area (Å²) < 4.78 is 12.2. The van der Waals surface area contributed by atoms with Gasteiger partial charge in [0.2, 0.25) is 0 Å². The standard InChI is InChI=1S/C35H42N2O2/c1-24-9-7-10-25(2)34(24)38-22-28(5)36-32-17-13-30(14-18-32)21-31-15-19-33(20-16-31)37-29(6)23-39-35-26(3)11-8-12-27(35)4/h7-20,28-29,36-37H,21-23H2,1-6H3. The summed E-state index contributed by atoms with van der Waals surface area (Å²) >= 11 is 0. The number of para-hydroxylation sites is 2. The lowest BCUT2D eigenvalue weighted by Crippen LogP contribution is -2.23. The summed E-state index contributed by atoms with van der Waals surface area (Å²) in [5.74, 6) is 1.98. The molecule has 0 aliphatic rings. The van der Waals surface area contributed by atoms with Gasteiger partial charge < -0.3 is 20.1 Å². The lowest BCUT2D eigenvalue weighted by atomic mass is 10.0. The van der Waals surface area contributed by atoms with Crippen molar-refractivity contribution in [3.8, 4) is 11.5 Å². The van der Waals surface area contributed by atoms with Crippen LogP contribution < -0.4 is 20.1 Å². The Hall–Kier alpha value is -3.92. The Morgan fingerprint density at radius 2 is 0.846 bits per heavy atom. The average molecular weight is 523 g/mol. The zero-order valence-corrected chi connectivity index (χ0v) is 24.2. The number of rotatable bonds is 12. The highest BCUT2D eigenvalue weighted by molar-refractivity contribution is 5.49. The molecule has 2 atom stereocenters. The number of aryl methyl sites for hydroxylation is 4. The molecule has 2 unspecified atom stereocenters. The van der Waals surface area contributed by atoms with Crippen molar-refractivity contribution in [1.82, 2.24) is 0 Å². The van der Waals surface area contributed by atoms with E-state index in [1.165, 1.54) is 33.4 Å². The first kappa shape index (κ1) is 28.1. The van der Waals surface area contributed by atoms with Crippen LogP contribution in [0.25, 0.3) is 0 Å². The van der Waals surface area contributed by atoms with Gasteiger partial charge in [0, 0.05) is 11.4 Å². The van der Waals surface area contributed by atoms with Crippen molar-refractivity contribution < 1.29 is 9.47 Å². The van der Waals surface area contributed by atoms with E-state index in [1.54, 1.807) is 0 Å². The third-order valence-electron chi connectivity index (χ3n) is 6.92. The van der Waals surface area contributed by atoms with Crippen LogP contribution >= 0.6 is 0 Å². The Morgan fingerprint density at radius 3 is 1.18 bits per heavy atom. The van der Waals surface area contributed by atoms with Crippen LogP contribution in [0.5, 0.6) is 11.5 Å². The molecular weight excluding hydrogens is 480 g/mol. The van der Waals surface area contributed by atoms with Gasteiger partial charge in [-0.2, -0.15) is 0 Å². The molecule has 0 aliphatic carbocycles. The molecule has 4 heteroatoms. The maximum Gasteiger partial charge on any atom is 0.125 e.